The molecule has 0 aliphatic rings. The van der Waals surface area contributed by atoms with E-state index in [1.807, 2.05) is 39.0 Å². The number of methoxy groups -OCH3 is 1. The van der Waals surface area contributed by atoms with Crippen molar-refractivity contribution in [3.8, 4) is 23.0 Å². The second-order valence-corrected chi connectivity index (χ2v) is 12.6. The minimum absolute atomic E-state index is 0.0112. The lowest BCUT2D eigenvalue weighted by Gasteiger charge is -2.21. The molecular formula is C33H37N3O7S. The fraction of sp³-hybridized carbons (Fsp3) is 0.273. The first kappa shape index (κ1) is 32.3. The summed E-state index contributed by atoms with van der Waals surface area (Å²) in [5.41, 5.74) is 1.70. The summed E-state index contributed by atoms with van der Waals surface area (Å²) in [5, 5.41) is 12.3. The van der Waals surface area contributed by atoms with Crippen LogP contribution in [-0.2, 0) is 21.9 Å². The van der Waals surface area contributed by atoms with Crippen molar-refractivity contribution in [2.75, 3.05) is 31.6 Å². The number of carbonyl (C=O) groups is 1. The number of anilines is 1. The quantitative estimate of drug-likeness (QED) is 0.183. The summed E-state index contributed by atoms with van der Waals surface area (Å²) in [6.45, 7) is 5.96. The van der Waals surface area contributed by atoms with E-state index in [1.54, 1.807) is 42.6 Å². The van der Waals surface area contributed by atoms with Crippen LogP contribution >= 0.6 is 0 Å². The Balaban J connectivity index is 1.74. The largest absolute Gasteiger partial charge is 0.493 e. The molecule has 1 aromatic heterocycles. The van der Waals surface area contributed by atoms with Crippen LogP contribution in [0.1, 0.15) is 42.4 Å². The van der Waals surface area contributed by atoms with Crippen LogP contribution in [0.3, 0.4) is 0 Å². The molecule has 0 saturated carbocycles. The molecule has 0 atom stereocenters. The smallest absolute Gasteiger partial charge is 0.262 e. The van der Waals surface area contributed by atoms with Crippen LogP contribution < -0.4 is 24.2 Å². The topological polar surface area (TPSA) is 136 Å². The monoisotopic (exact) mass is 619 g/mol. The van der Waals surface area contributed by atoms with E-state index in [1.165, 1.54) is 31.4 Å². The molecule has 0 radical (unpaired) electrons. The van der Waals surface area contributed by atoms with E-state index < -0.39 is 15.9 Å². The Morgan fingerprint density at radius 1 is 0.932 bits per heavy atom. The van der Waals surface area contributed by atoms with Crippen LogP contribution in [0.2, 0.25) is 0 Å². The third kappa shape index (κ3) is 8.27. The second kappa shape index (κ2) is 14.2. The Hall–Kier alpha value is -4.61. The number of aliphatic hydroxyl groups excluding tert-OH is 1. The fourth-order valence-electron chi connectivity index (χ4n) is 4.28. The third-order valence-electron chi connectivity index (χ3n) is 6.61. The van der Waals surface area contributed by atoms with Gasteiger partial charge in [-0.15, -0.1) is 0 Å². The molecule has 4 rings (SSSR count). The number of hydrogen-bond acceptors (Lipinski definition) is 8. The highest BCUT2D eigenvalue weighted by atomic mass is 32.2. The predicted octanol–water partition coefficient (Wildman–Crippen LogP) is 5.32. The average Bonchev–Trinajstić information content (AvgIpc) is 3.01. The first-order chi connectivity index (χ1) is 21.0. The average molecular weight is 620 g/mol. The maximum Gasteiger partial charge on any atom is 0.262 e. The molecule has 0 spiro atoms. The van der Waals surface area contributed by atoms with Crippen molar-refractivity contribution in [2.24, 2.45) is 0 Å². The van der Waals surface area contributed by atoms with Crippen molar-refractivity contribution in [2.45, 2.75) is 37.5 Å². The van der Waals surface area contributed by atoms with Crippen molar-refractivity contribution < 1.29 is 32.5 Å². The highest BCUT2D eigenvalue weighted by molar-refractivity contribution is 7.92. The van der Waals surface area contributed by atoms with E-state index >= 15 is 0 Å². The number of nitrogens with zero attached hydrogens (tertiary/aromatic N) is 1. The van der Waals surface area contributed by atoms with Gasteiger partial charge in [0.1, 0.15) is 6.61 Å². The first-order valence-corrected chi connectivity index (χ1v) is 15.5. The molecule has 3 aromatic carbocycles. The zero-order valence-corrected chi connectivity index (χ0v) is 26.0. The normalized spacial score (nSPS) is 11.5. The molecule has 0 bridgehead atoms. The predicted molar refractivity (Wildman–Crippen MR) is 168 cm³/mol. The molecular weight excluding hydrogens is 582 g/mol. The van der Waals surface area contributed by atoms with Gasteiger partial charge in [0, 0.05) is 30.4 Å². The van der Waals surface area contributed by atoms with Gasteiger partial charge in [0.05, 0.1) is 24.3 Å². The van der Waals surface area contributed by atoms with Gasteiger partial charge in [0.25, 0.3) is 15.9 Å². The summed E-state index contributed by atoms with van der Waals surface area (Å²) in [4.78, 5) is 17.6. The Bertz CT molecular complexity index is 1670. The van der Waals surface area contributed by atoms with Crippen LogP contribution in [0.5, 0.6) is 23.0 Å². The number of amides is 1. The number of nitrogens with one attached hydrogen (secondary N) is 2. The summed E-state index contributed by atoms with van der Waals surface area (Å²) in [5.74, 6) is 0.245. The molecule has 3 N–H and O–H groups in total. The number of hydrogen-bond donors (Lipinski definition) is 3. The molecule has 0 saturated heterocycles. The van der Waals surface area contributed by atoms with E-state index in [0.717, 1.165) is 11.3 Å². The van der Waals surface area contributed by atoms with Gasteiger partial charge in [-0.1, -0.05) is 51.1 Å². The summed E-state index contributed by atoms with van der Waals surface area (Å²) < 4.78 is 47.2. The first-order valence-electron chi connectivity index (χ1n) is 14.1. The Kier molecular flexibility index (Phi) is 10.5. The van der Waals surface area contributed by atoms with Gasteiger partial charge >= 0.3 is 0 Å². The fourth-order valence-corrected chi connectivity index (χ4v) is 5.33. The second-order valence-electron chi connectivity index (χ2n) is 10.9. The van der Waals surface area contributed by atoms with Gasteiger partial charge in [-0.05, 0) is 59.5 Å². The number of carbonyl (C=O) groups excluding carboxylic acids is 1. The van der Waals surface area contributed by atoms with Gasteiger partial charge in [-0.25, -0.2) is 8.42 Å². The molecule has 0 aliphatic carbocycles. The summed E-state index contributed by atoms with van der Waals surface area (Å²) in [6, 6.07) is 21.8. The van der Waals surface area contributed by atoms with E-state index in [4.69, 9.17) is 14.2 Å². The van der Waals surface area contributed by atoms with Crippen molar-refractivity contribution in [1.82, 2.24) is 10.3 Å². The molecule has 0 aliphatic heterocycles. The summed E-state index contributed by atoms with van der Waals surface area (Å²) in [6.07, 6.45) is 2.18. The van der Waals surface area contributed by atoms with Crippen molar-refractivity contribution in [3.63, 3.8) is 0 Å². The van der Waals surface area contributed by atoms with Crippen LogP contribution in [-0.4, -0.2) is 51.3 Å². The lowest BCUT2D eigenvalue weighted by molar-refractivity contribution is 0.0953. The van der Waals surface area contributed by atoms with E-state index in [0.29, 0.717) is 18.7 Å². The maximum absolute atomic E-state index is 13.6. The lowest BCUT2D eigenvalue weighted by atomic mass is 9.87. The number of rotatable bonds is 13. The molecule has 0 unspecified atom stereocenters. The molecule has 44 heavy (non-hydrogen) atoms. The number of benzene rings is 3. The zero-order valence-electron chi connectivity index (χ0n) is 25.2. The molecule has 11 heteroatoms. The number of aromatic nitrogens is 1. The highest BCUT2D eigenvalue weighted by Gasteiger charge is 2.24. The Morgan fingerprint density at radius 2 is 1.64 bits per heavy atom. The van der Waals surface area contributed by atoms with Gasteiger partial charge < -0.3 is 24.6 Å². The zero-order chi connectivity index (χ0) is 31.7. The molecule has 1 heterocycles. The number of ether oxygens (including phenoxy) is 3. The Labute approximate surface area is 258 Å². The summed E-state index contributed by atoms with van der Waals surface area (Å²) in [7, 11) is -2.66. The SMILES string of the molecule is COc1ccccc1Oc1c(NS(=O)(=O)c2ccc(C(C)(C)C)cc2)cc(C(=O)NCCc2ccccn2)cc1OCCO. The minimum Gasteiger partial charge on any atom is -0.493 e. The van der Waals surface area contributed by atoms with Gasteiger partial charge in [-0.3, -0.25) is 14.5 Å². The highest BCUT2D eigenvalue weighted by Crippen LogP contribution is 2.43. The number of aliphatic hydroxyl groups is 1. The van der Waals surface area contributed by atoms with Gasteiger partial charge in [-0.2, -0.15) is 0 Å². The Morgan fingerprint density at radius 3 is 2.27 bits per heavy atom. The minimum atomic E-state index is -4.14. The molecule has 4 aromatic rings. The maximum atomic E-state index is 13.6. The van der Waals surface area contributed by atoms with Crippen LogP contribution in [0.4, 0.5) is 5.69 Å². The molecule has 1 amide bonds. The van der Waals surface area contributed by atoms with Crippen molar-refractivity contribution >= 4 is 21.6 Å². The molecule has 0 fully saturated rings. The molecule has 10 nitrogen and oxygen atoms in total. The third-order valence-corrected chi connectivity index (χ3v) is 8.00. The van der Waals surface area contributed by atoms with Gasteiger partial charge in [0.15, 0.2) is 23.0 Å². The molecule has 232 valence electrons. The van der Waals surface area contributed by atoms with E-state index in [2.05, 4.69) is 15.0 Å². The lowest BCUT2D eigenvalue weighted by Crippen LogP contribution is -2.26. The van der Waals surface area contributed by atoms with Crippen LogP contribution in [0.15, 0.2) is 90.0 Å². The van der Waals surface area contributed by atoms with E-state index in [9.17, 15) is 18.3 Å². The van der Waals surface area contributed by atoms with Crippen LogP contribution in [0.25, 0.3) is 0 Å². The van der Waals surface area contributed by atoms with Crippen molar-refractivity contribution in [3.05, 3.63) is 102 Å². The standard InChI is InChI=1S/C33H37N3O7S/c1-33(2,3)24-12-14-26(15-13-24)44(39,40)36-27-21-23(32(38)35-18-16-25-9-7-8-17-34-25)22-30(42-20-19-37)31(27)43-29-11-6-5-10-28(29)41-4/h5-15,17,21-22,36-37H,16,18-20H2,1-4H3,(H,35,38). The van der Waals surface area contributed by atoms with Crippen molar-refractivity contribution in [1.29, 1.82) is 0 Å². The number of sulfonamides is 1. The summed E-state index contributed by atoms with van der Waals surface area (Å²) >= 11 is 0. The van der Waals surface area contributed by atoms with Crippen LogP contribution in [0, 0.1) is 0 Å². The number of para-hydroxylation sites is 2. The number of pyridine rings is 1. The van der Waals surface area contributed by atoms with E-state index in [-0.39, 0.29) is 52.0 Å². The van der Waals surface area contributed by atoms with Gasteiger partial charge in [0.2, 0.25) is 0 Å².